The number of anilines is 1. The first kappa shape index (κ1) is 10.1. The van der Waals surface area contributed by atoms with E-state index >= 15 is 0 Å². The van der Waals surface area contributed by atoms with E-state index in [9.17, 15) is 9.18 Å². The Morgan fingerprint density at radius 1 is 1.67 bits per heavy atom. The lowest BCUT2D eigenvalue weighted by atomic mass is 10.2. The minimum atomic E-state index is -0.408. The number of pyridine rings is 1. The van der Waals surface area contributed by atoms with Gasteiger partial charge < -0.3 is 5.32 Å². The highest BCUT2D eigenvalue weighted by atomic mass is 19.1. The van der Waals surface area contributed by atoms with Gasteiger partial charge in [-0.25, -0.2) is 9.37 Å². The molecule has 3 nitrogen and oxygen atoms in total. The van der Waals surface area contributed by atoms with Crippen LogP contribution in [0.4, 0.5) is 10.2 Å². The molecule has 1 fully saturated rings. The maximum absolute atomic E-state index is 13.6. The molecule has 1 aromatic rings. The van der Waals surface area contributed by atoms with Crippen LogP contribution >= 0.6 is 0 Å². The number of aryl methyl sites for hydroxylation is 1. The van der Waals surface area contributed by atoms with E-state index < -0.39 is 5.82 Å². The van der Waals surface area contributed by atoms with Gasteiger partial charge in [-0.05, 0) is 30.9 Å². The van der Waals surface area contributed by atoms with Crippen LogP contribution in [0.5, 0.6) is 0 Å². The van der Waals surface area contributed by atoms with Crippen LogP contribution in [0.2, 0.25) is 0 Å². The van der Waals surface area contributed by atoms with Gasteiger partial charge in [-0.3, -0.25) is 4.79 Å². The van der Waals surface area contributed by atoms with Crippen LogP contribution < -0.4 is 5.32 Å². The molecule has 1 amide bonds. The average molecular weight is 208 g/mol. The van der Waals surface area contributed by atoms with Crippen LogP contribution in [-0.2, 0) is 11.2 Å². The van der Waals surface area contributed by atoms with Gasteiger partial charge in [0.25, 0.3) is 0 Å². The van der Waals surface area contributed by atoms with E-state index in [1.807, 2.05) is 6.92 Å². The summed E-state index contributed by atoms with van der Waals surface area (Å²) in [6.07, 6.45) is 3.92. The van der Waals surface area contributed by atoms with E-state index in [0.29, 0.717) is 12.0 Å². The zero-order valence-electron chi connectivity index (χ0n) is 8.59. The molecule has 0 aromatic carbocycles. The fourth-order valence-electron chi connectivity index (χ4n) is 1.41. The molecule has 1 aliphatic rings. The summed E-state index contributed by atoms with van der Waals surface area (Å²) in [6.45, 7) is 1.87. The summed E-state index contributed by atoms with van der Waals surface area (Å²) < 4.78 is 13.6. The highest BCUT2D eigenvalue weighted by Gasteiger charge is 2.30. The standard InChI is InChI=1S/C11H13FN2O/c1-2-7-5-6-13-10(9(7)12)14-11(15)8-3-4-8/h5-6,8H,2-4H2,1H3,(H,13,14,15). The van der Waals surface area contributed by atoms with E-state index in [-0.39, 0.29) is 17.6 Å². The van der Waals surface area contributed by atoms with Crippen LogP contribution in [0.15, 0.2) is 12.3 Å². The molecule has 1 saturated carbocycles. The Morgan fingerprint density at radius 3 is 3.00 bits per heavy atom. The summed E-state index contributed by atoms with van der Waals surface area (Å²) in [4.78, 5) is 15.2. The fraction of sp³-hybridized carbons (Fsp3) is 0.455. The molecular weight excluding hydrogens is 195 g/mol. The van der Waals surface area contributed by atoms with Gasteiger partial charge in [-0.1, -0.05) is 6.92 Å². The molecule has 1 aliphatic carbocycles. The summed E-state index contributed by atoms with van der Waals surface area (Å²) >= 11 is 0. The normalized spacial score (nSPS) is 15.1. The molecule has 1 heterocycles. The van der Waals surface area contributed by atoms with Crippen LogP contribution in [0, 0.1) is 11.7 Å². The van der Waals surface area contributed by atoms with Crippen molar-refractivity contribution in [2.24, 2.45) is 5.92 Å². The highest BCUT2D eigenvalue weighted by Crippen LogP contribution is 2.30. The molecule has 0 atom stereocenters. The van der Waals surface area contributed by atoms with Crippen molar-refractivity contribution in [3.05, 3.63) is 23.6 Å². The molecule has 1 aromatic heterocycles. The van der Waals surface area contributed by atoms with Crippen molar-refractivity contribution in [3.8, 4) is 0 Å². The first-order valence-electron chi connectivity index (χ1n) is 5.16. The minimum absolute atomic E-state index is 0.0613. The molecule has 0 saturated heterocycles. The Kier molecular flexibility index (Phi) is 2.66. The van der Waals surface area contributed by atoms with Crippen molar-refractivity contribution >= 4 is 11.7 Å². The maximum atomic E-state index is 13.6. The van der Waals surface area contributed by atoms with Crippen molar-refractivity contribution in [3.63, 3.8) is 0 Å². The Labute approximate surface area is 87.7 Å². The van der Waals surface area contributed by atoms with Crippen molar-refractivity contribution in [2.75, 3.05) is 5.32 Å². The second-order valence-corrected chi connectivity index (χ2v) is 3.75. The fourth-order valence-corrected chi connectivity index (χ4v) is 1.41. The molecule has 1 N–H and O–H groups in total. The van der Waals surface area contributed by atoms with E-state index in [1.165, 1.54) is 6.20 Å². The van der Waals surface area contributed by atoms with Gasteiger partial charge in [-0.2, -0.15) is 0 Å². The lowest BCUT2D eigenvalue weighted by molar-refractivity contribution is -0.117. The number of aromatic nitrogens is 1. The Bertz CT molecular complexity index is 388. The van der Waals surface area contributed by atoms with Crippen LogP contribution in [0.25, 0.3) is 0 Å². The molecule has 0 unspecified atom stereocenters. The van der Waals surface area contributed by atoms with Crippen molar-refractivity contribution < 1.29 is 9.18 Å². The number of nitrogens with one attached hydrogen (secondary N) is 1. The first-order valence-corrected chi connectivity index (χ1v) is 5.16. The average Bonchev–Trinajstić information content (AvgIpc) is 3.04. The third-order valence-corrected chi connectivity index (χ3v) is 2.54. The van der Waals surface area contributed by atoms with E-state index in [1.54, 1.807) is 6.07 Å². The second-order valence-electron chi connectivity index (χ2n) is 3.75. The zero-order chi connectivity index (χ0) is 10.8. The summed E-state index contributed by atoms with van der Waals surface area (Å²) in [5, 5.41) is 2.52. The molecule has 0 aliphatic heterocycles. The van der Waals surface area contributed by atoms with Gasteiger partial charge in [0.2, 0.25) is 5.91 Å². The molecule has 0 radical (unpaired) electrons. The molecule has 0 bridgehead atoms. The largest absolute Gasteiger partial charge is 0.308 e. The van der Waals surface area contributed by atoms with Crippen molar-refractivity contribution in [1.29, 1.82) is 0 Å². The molecule has 4 heteroatoms. The Hall–Kier alpha value is -1.45. The van der Waals surface area contributed by atoms with E-state index in [0.717, 1.165) is 12.8 Å². The maximum Gasteiger partial charge on any atom is 0.228 e. The number of rotatable bonds is 3. The van der Waals surface area contributed by atoms with Crippen molar-refractivity contribution in [2.45, 2.75) is 26.2 Å². The van der Waals surface area contributed by atoms with Crippen LogP contribution in [0.3, 0.4) is 0 Å². The van der Waals surface area contributed by atoms with Crippen LogP contribution in [-0.4, -0.2) is 10.9 Å². The third-order valence-electron chi connectivity index (χ3n) is 2.54. The minimum Gasteiger partial charge on any atom is -0.308 e. The van der Waals surface area contributed by atoms with Gasteiger partial charge in [-0.15, -0.1) is 0 Å². The van der Waals surface area contributed by atoms with Gasteiger partial charge >= 0.3 is 0 Å². The number of amides is 1. The SMILES string of the molecule is CCc1ccnc(NC(=O)C2CC2)c1F. The quantitative estimate of drug-likeness (QED) is 0.826. The molecule has 0 spiro atoms. The topological polar surface area (TPSA) is 42.0 Å². The number of carbonyl (C=O) groups is 1. The second kappa shape index (κ2) is 3.96. The van der Waals surface area contributed by atoms with Crippen LogP contribution in [0.1, 0.15) is 25.3 Å². The zero-order valence-corrected chi connectivity index (χ0v) is 8.59. The predicted octanol–water partition coefficient (Wildman–Crippen LogP) is 2.13. The molecule has 15 heavy (non-hydrogen) atoms. The molecule has 2 rings (SSSR count). The van der Waals surface area contributed by atoms with E-state index in [2.05, 4.69) is 10.3 Å². The predicted molar refractivity (Wildman–Crippen MR) is 54.9 cm³/mol. The Balaban J connectivity index is 2.16. The molecular formula is C11H13FN2O. The van der Waals surface area contributed by atoms with Gasteiger partial charge in [0.1, 0.15) is 0 Å². The number of carbonyl (C=O) groups excluding carboxylic acids is 1. The number of hydrogen-bond acceptors (Lipinski definition) is 2. The highest BCUT2D eigenvalue weighted by molar-refractivity contribution is 5.93. The number of halogens is 1. The van der Waals surface area contributed by atoms with Gasteiger partial charge in [0, 0.05) is 12.1 Å². The summed E-state index contributed by atoms with van der Waals surface area (Å²) in [6, 6.07) is 1.63. The molecule has 80 valence electrons. The van der Waals surface area contributed by atoms with E-state index in [4.69, 9.17) is 0 Å². The smallest absolute Gasteiger partial charge is 0.228 e. The summed E-state index contributed by atoms with van der Waals surface area (Å²) in [5.74, 6) is -0.397. The van der Waals surface area contributed by atoms with Crippen molar-refractivity contribution in [1.82, 2.24) is 4.98 Å². The number of hydrogen-bond donors (Lipinski definition) is 1. The first-order chi connectivity index (χ1) is 7.22. The lowest BCUT2D eigenvalue weighted by Gasteiger charge is -2.06. The van der Waals surface area contributed by atoms with Gasteiger partial charge in [0.15, 0.2) is 11.6 Å². The summed E-state index contributed by atoms with van der Waals surface area (Å²) in [5.41, 5.74) is 0.580. The monoisotopic (exact) mass is 208 g/mol. The number of nitrogens with zero attached hydrogens (tertiary/aromatic N) is 1. The van der Waals surface area contributed by atoms with Gasteiger partial charge in [0.05, 0.1) is 0 Å². The lowest BCUT2D eigenvalue weighted by Crippen LogP contribution is -2.16. The summed E-state index contributed by atoms with van der Waals surface area (Å²) in [7, 11) is 0. The Morgan fingerprint density at radius 2 is 2.40 bits per heavy atom. The third kappa shape index (κ3) is 2.14.